The van der Waals surface area contributed by atoms with E-state index in [4.69, 9.17) is 6.42 Å². The van der Waals surface area contributed by atoms with Gasteiger partial charge in [-0.15, -0.1) is 17.8 Å². The zero-order valence-electron chi connectivity index (χ0n) is 6.37. The molecule has 0 bridgehead atoms. The van der Waals surface area contributed by atoms with Gasteiger partial charge >= 0.3 is 0 Å². The van der Waals surface area contributed by atoms with E-state index in [9.17, 15) is 0 Å². The van der Waals surface area contributed by atoms with Crippen molar-refractivity contribution >= 4 is 17.4 Å². The van der Waals surface area contributed by atoms with E-state index in [1.54, 1.807) is 11.3 Å². The summed E-state index contributed by atoms with van der Waals surface area (Å²) in [5, 5.41) is 3.02. The molecule has 1 heterocycles. The van der Waals surface area contributed by atoms with Crippen LogP contribution in [-0.4, -0.2) is 4.98 Å². The fourth-order valence-electron chi connectivity index (χ4n) is 0.741. The monoisotopic (exact) mass is 163 g/mol. The largest absolute Gasteiger partial charge is 0.241 e. The quantitative estimate of drug-likeness (QED) is 0.610. The first kappa shape index (κ1) is 8.03. The molecule has 0 aliphatic rings. The van der Waals surface area contributed by atoms with Gasteiger partial charge in [0.2, 0.25) is 0 Å². The Morgan fingerprint density at radius 3 is 3.27 bits per heavy atom. The van der Waals surface area contributed by atoms with Crippen LogP contribution in [0.4, 0.5) is 0 Å². The van der Waals surface area contributed by atoms with Crippen molar-refractivity contribution in [2.24, 2.45) is 0 Å². The van der Waals surface area contributed by atoms with E-state index in [2.05, 4.69) is 10.9 Å². The van der Waals surface area contributed by atoms with Crippen LogP contribution in [0.25, 0.3) is 6.08 Å². The molecular formula is C9H9NS. The van der Waals surface area contributed by atoms with Crippen LogP contribution < -0.4 is 0 Å². The van der Waals surface area contributed by atoms with Gasteiger partial charge < -0.3 is 0 Å². The van der Waals surface area contributed by atoms with Gasteiger partial charge in [0.05, 0.1) is 12.1 Å². The highest BCUT2D eigenvalue weighted by Gasteiger charge is 1.95. The number of hydrogen-bond donors (Lipinski definition) is 0. The van der Waals surface area contributed by atoms with E-state index in [0.717, 1.165) is 10.7 Å². The maximum Gasteiger partial charge on any atom is 0.105 e. The van der Waals surface area contributed by atoms with Crippen molar-refractivity contribution in [3.8, 4) is 12.3 Å². The number of aromatic nitrogens is 1. The zero-order chi connectivity index (χ0) is 8.10. The predicted molar refractivity (Wildman–Crippen MR) is 49.4 cm³/mol. The summed E-state index contributed by atoms with van der Waals surface area (Å²) in [6.07, 6.45) is 9.72. The van der Waals surface area contributed by atoms with Crippen LogP contribution in [0.3, 0.4) is 0 Å². The third-order valence-corrected chi connectivity index (χ3v) is 2.03. The fraction of sp³-hybridized carbons (Fsp3) is 0.222. The van der Waals surface area contributed by atoms with Gasteiger partial charge in [-0.3, -0.25) is 0 Å². The van der Waals surface area contributed by atoms with Crippen molar-refractivity contribution in [2.75, 3.05) is 0 Å². The van der Waals surface area contributed by atoms with E-state index in [1.807, 2.05) is 24.5 Å². The third kappa shape index (κ3) is 2.21. The summed E-state index contributed by atoms with van der Waals surface area (Å²) < 4.78 is 0. The summed E-state index contributed by atoms with van der Waals surface area (Å²) >= 11 is 1.61. The van der Waals surface area contributed by atoms with Gasteiger partial charge in [0.25, 0.3) is 0 Å². The average Bonchev–Trinajstić information content (AvgIpc) is 2.38. The lowest BCUT2D eigenvalue weighted by atomic mass is 10.4. The SMILES string of the molecule is C#CCc1nc(/C=C\C)cs1. The van der Waals surface area contributed by atoms with Gasteiger partial charge in [0, 0.05) is 5.38 Å². The van der Waals surface area contributed by atoms with Crippen molar-refractivity contribution in [1.29, 1.82) is 0 Å². The van der Waals surface area contributed by atoms with Crippen molar-refractivity contribution in [3.63, 3.8) is 0 Å². The Morgan fingerprint density at radius 1 is 1.82 bits per heavy atom. The lowest BCUT2D eigenvalue weighted by molar-refractivity contribution is 1.20. The lowest BCUT2D eigenvalue weighted by Crippen LogP contribution is -1.78. The Hall–Kier alpha value is -1.07. The number of terminal acetylenes is 1. The number of rotatable bonds is 2. The van der Waals surface area contributed by atoms with Gasteiger partial charge in [0.15, 0.2) is 0 Å². The van der Waals surface area contributed by atoms with Crippen molar-refractivity contribution in [1.82, 2.24) is 4.98 Å². The first-order valence-electron chi connectivity index (χ1n) is 3.37. The highest BCUT2D eigenvalue weighted by molar-refractivity contribution is 7.09. The molecular weight excluding hydrogens is 154 g/mol. The smallest absolute Gasteiger partial charge is 0.105 e. The zero-order valence-corrected chi connectivity index (χ0v) is 7.19. The van der Waals surface area contributed by atoms with Crippen molar-refractivity contribution in [2.45, 2.75) is 13.3 Å². The fourth-order valence-corrected chi connectivity index (χ4v) is 1.45. The Morgan fingerprint density at radius 2 is 2.64 bits per heavy atom. The van der Waals surface area contributed by atoms with Gasteiger partial charge in [-0.2, -0.15) is 0 Å². The van der Waals surface area contributed by atoms with Crippen LogP contribution in [0, 0.1) is 12.3 Å². The summed E-state index contributed by atoms with van der Waals surface area (Å²) in [6, 6.07) is 0. The average molecular weight is 163 g/mol. The molecule has 0 unspecified atom stereocenters. The third-order valence-electron chi connectivity index (χ3n) is 1.16. The lowest BCUT2D eigenvalue weighted by Gasteiger charge is -1.81. The summed E-state index contributed by atoms with van der Waals surface area (Å²) in [6.45, 7) is 1.97. The van der Waals surface area contributed by atoms with E-state index in [-0.39, 0.29) is 0 Å². The molecule has 1 aromatic heterocycles. The molecule has 0 fully saturated rings. The second kappa shape index (κ2) is 3.95. The maximum atomic E-state index is 5.14. The Bertz CT molecular complexity index is 291. The topological polar surface area (TPSA) is 12.9 Å². The van der Waals surface area contributed by atoms with Crippen LogP contribution in [0.2, 0.25) is 0 Å². The molecule has 0 N–H and O–H groups in total. The molecule has 0 aliphatic carbocycles. The number of allylic oxidation sites excluding steroid dienone is 1. The molecule has 0 atom stereocenters. The molecule has 56 valence electrons. The minimum atomic E-state index is 0.641. The number of nitrogens with zero attached hydrogens (tertiary/aromatic N) is 1. The van der Waals surface area contributed by atoms with E-state index >= 15 is 0 Å². The molecule has 1 aromatic rings. The number of hydrogen-bond acceptors (Lipinski definition) is 2. The molecule has 11 heavy (non-hydrogen) atoms. The molecule has 0 saturated carbocycles. The molecule has 0 aromatic carbocycles. The molecule has 2 heteroatoms. The normalized spacial score (nSPS) is 10.2. The van der Waals surface area contributed by atoms with Crippen molar-refractivity contribution in [3.05, 3.63) is 22.2 Å². The second-order valence-corrected chi connectivity index (χ2v) is 2.99. The predicted octanol–water partition coefficient (Wildman–Crippen LogP) is 2.35. The molecule has 1 nitrogen and oxygen atoms in total. The Balaban J connectivity index is 2.75. The molecule has 1 rings (SSSR count). The van der Waals surface area contributed by atoms with Gasteiger partial charge in [-0.25, -0.2) is 4.98 Å². The molecule has 0 spiro atoms. The van der Waals surface area contributed by atoms with Crippen LogP contribution >= 0.6 is 11.3 Å². The molecule has 0 saturated heterocycles. The molecule has 0 amide bonds. The highest BCUT2D eigenvalue weighted by atomic mass is 32.1. The highest BCUT2D eigenvalue weighted by Crippen LogP contribution is 2.10. The first-order chi connectivity index (χ1) is 5.36. The minimum absolute atomic E-state index is 0.641. The summed E-state index contributed by atoms with van der Waals surface area (Å²) in [4.78, 5) is 4.28. The first-order valence-corrected chi connectivity index (χ1v) is 4.25. The Labute approximate surface area is 70.8 Å². The van der Waals surface area contributed by atoms with Gasteiger partial charge in [0.1, 0.15) is 5.01 Å². The summed E-state index contributed by atoms with van der Waals surface area (Å²) in [5.74, 6) is 2.56. The van der Waals surface area contributed by atoms with Gasteiger partial charge in [-0.05, 0) is 13.0 Å². The van der Waals surface area contributed by atoms with E-state index in [0.29, 0.717) is 6.42 Å². The molecule has 0 aliphatic heterocycles. The van der Waals surface area contributed by atoms with Crippen molar-refractivity contribution < 1.29 is 0 Å². The Kier molecular flexibility index (Phi) is 2.88. The van der Waals surface area contributed by atoms with E-state index in [1.165, 1.54) is 0 Å². The van der Waals surface area contributed by atoms with Crippen LogP contribution in [0.15, 0.2) is 11.5 Å². The van der Waals surface area contributed by atoms with E-state index < -0.39 is 0 Å². The number of thiazole rings is 1. The van der Waals surface area contributed by atoms with Crippen LogP contribution in [0.1, 0.15) is 17.6 Å². The second-order valence-electron chi connectivity index (χ2n) is 2.05. The maximum absolute atomic E-state index is 5.14. The van der Waals surface area contributed by atoms with Crippen LogP contribution in [0.5, 0.6) is 0 Å². The summed E-state index contributed by atoms with van der Waals surface area (Å²) in [7, 11) is 0. The van der Waals surface area contributed by atoms with Gasteiger partial charge in [-0.1, -0.05) is 12.0 Å². The standard InChI is InChI=1S/C9H9NS/c1-3-5-8-7-11-9(10-8)6-4-2/h2-3,5,7H,6H2,1H3/b5-3-. The minimum Gasteiger partial charge on any atom is -0.241 e. The summed E-state index contributed by atoms with van der Waals surface area (Å²) in [5.41, 5.74) is 1.00. The van der Waals surface area contributed by atoms with Crippen LogP contribution in [-0.2, 0) is 6.42 Å². The molecule has 0 radical (unpaired) electrons.